The fraction of sp³-hybridized carbons (Fsp3) is 0.481. The lowest BCUT2D eigenvalue weighted by Crippen LogP contribution is -2.32. The van der Waals surface area contributed by atoms with Crippen LogP contribution >= 0.6 is 0 Å². The molecule has 1 aliphatic carbocycles. The Morgan fingerprint density at radius 2 is 1.97 bits per heavy atom. The molecule has 3 atom stereocenters. The molecule has 0 spiro atoms. The summed E-state index contributed by atoms with van der Waals surface area (Å²) >= 11 is 0. The molecule has 3 unspecified atom stereocenters. The lowest BCUT2D eigenvalue weighted by Gasteiger charge is -2.32. The average molecular weight is 455 g/mol. The number of aliphatic hydroxyl groups is 1. The van der Waals surface area contributed by atoms with E-state index in [1.54, 1.807) is 20.8 Å². The molecule has 0 amide bonds. The van der Waals surface area contributed by atoms with Crippen molar-refractivity contribution in [2.75, 3.05) is 7.11 Å². The molecule has 0 saturated heterocycles. The summed E-state index contributed by atoms with van der Waals surface area (Å²) in [5.41, 5.74) is 2.43. The first-order chi connectivity index (χ1) is 15.5. The van der Waals surface area contributed by atoms with Crippen LogP contribution in [0.1, 0.15) is 67.6 Å². The third-order valence-corrected chi connectivity index (χ3v) is 6.80. The number of phenols is 1. The van der Waals surface area contributed by atoms with Crippen LogP contribution in [-0.4, -0.2) is 29.2 Å². The van der Waals surface area contributed by atoms with Crippen LogP contribution in [0.25, 0.3) is 11.0 Å². The van der Waals surface area contributed by atoms with Crippen LogP contribution < -0.4 is 10.4 Å². The number of phenolic OH excluding ortho intramolecular Hbond substituents is 1. The largest absolute Gasteiger partial charge is 0.507 e. The maximum atomic E-state index is 13.9. The number of hydrogen-bond acceptors (Lipinski definition) is 6. The first-order valence-corrected chi connectivity index (χ1v) is 11.4. The van der Waals surface area contributed by atoms with Gasteiger partial charge in [-0.25, -0.2) is 4.79 Å². The van der Waals surface area contributed by atoms with Crippen LogP contribution in [0.5, 0.6) is 11.5 Å². The molecule has 1 aliphatic rings. The number of rotatable bonds is 6. The fourth-order valence-corrected chi connectivity index (χ4v) is 4.88. The van der Waals surface area contributed by atoms with Crippen molar-refractivity contribution in [2.24, 2.45) is 11.8 Å². The number of methoxy groups -OCH3 is 1. The Kier molecular flexibility index (Phi) is 7.17. The van der Waals surface area contributed by atoms with Gasteiger partial charge in [0.05, 0.1) is 18.6 Å². The molecule has 6 nitrogen and oxygen atoms in total. The highest BCUT2D eigenvalue weighted by molar-refractivity contribution is 6.18. The molecule has 3 rings (SSSR count). The van der Waals surface area contributed by atoms with Crippen LogP contribution in [0.3, 0.4) is 0 Å². The second-order valence-electron chi connectivity index (χ2n) is 9.37. The lowest BCUT2D eigenvalue weighted by molar-refractivity contribution is 0.0859. The van der Waals surface area contributed by atoms with Crippen molar-refractivity contribution in [1.29, 1.82) is 0 Å². The highest BCUT2D eigenvalue weighted by atomic mass is 16.5. The Labute approximate surface area is 194 Å². The van der Waals surface area contributed by atoms with Crippen molar-refractivity contribution in [3.63, 3.8) is 0 Å². The minimum absolute atomic E-state index is 0.0202. The zero-order valence-electron chi connectivity index (χ0n) is 20.5. The van der Waals surface area contributed by atoms with Gasteiger partial charge in [-0.2, -0.15) is 0 Å². The number of Topliss-reactive ketones (excluding diaryl/α,β-unsaturated/α-hetero) is 1. The van der Waals surface area contributed by atoms with Crippen LogP contribution in [0.2, 0.25) is 0 Å². The predicted molar refractivity (Wildman–Crippen MR) is 129 cm³/mol. The summed E-state index contributed by atoms with van der Waals surface area (Å²) in [7, 11) is 1.50. The molecular weight excluding hydrogens is 420 g/mol. The van der Waals surface area contributed by atoms with Crippen molar-refractivity contribution in [3.05, 3.63) is 56.0 Å². The number of fused-ring (bicyclic) bond motifs is 1. The number of ketones is 1. The number of benzene rings is 1. The van der Waals surface area contributed by atoms with Gasteiger partial charge in [-0.1, -0.05) is 24.6 Å². The summed E-state index contributed by atoms with van der Waals surface area (Å²) < 4.78 is 11.3. The van der Waals surface area contributed by atoms with Gasteiger partial charge >= 0.3 is 5.63 Å². The third kappa shape index (κ3) is 4.36. The zero-order chi connectivity index (χ0) is 24.6. The Balaban J connectivity index is 2.43. The molecule has 0 radical (unpaired) electrons. The van der Waals surface area contributed by atoms with Gasteiger partial charge < -0.3 is 19.4 Å². The fourth-order valence-electron chi connectivity index (χ4n) is 4.88. The van der Waals surface area contributed by atoms with Crippen molar-refractivity contribution >= 4 is 16.8 Å². The van der Waals surface area contributed by atoms with Crippen molar-refractivity contribution in [1.82, 2.24) is 0 Å². The van der Waals surface area contributed by atoms with Crippen LogP contribution in [-0.2, 0) is 6.42 Å². The molecule has 0 fully saturated rings. The molecule has 0 aliphatic heterocycles. The number of aromatic hydroxyl groups is 1. The van der Waals surface area contributed by atoms with Gasteiger partial charge in [-0.05, 0) is 65.4 Å². The molecule has 1 aromatic heterocycles. The smallest absolute Gasteiger partial charge is 0.339 e. The topological polar surface area (TPSA) is 97.0 Å². The summed E-state index contributed by atoms with van der Waals surface area (Å²) in [6.07, 6.45) is 4.96. The van der Waals surface area contributed by atoms with E-state index in [4.69, 9.17) is 9.15 Å². The van der Waals surface area contributed by atoms with Crippen LogP contribution in [0.15, 0.2) is 32.5 Å². The number of carbonyl (C=O) groups is 1. The van der Waals surface area contributed by atoms with Gasteiger partial charge in [0.25, 0.3) is 0 Å². The highest BCUT2D eigenvalue weighted by Crippen LogP contribution is 2.45. The van der Waals surface area contributed by atoms with Gasteiger partial charge in [0.2, 0.25) is 0 Å². The van der Waals surface area contributed by atoms with Gasteiger partial charge in [-0.15, -0.1) is 0 Å². The predicted octanol–water partition coefficient (Wildman–Crippen LogP) is 5.17. The maximum absolute atomic E-state index is 13.9. The van der Waals surface area contributed by atoms with Crippen LogP contribution in [0, 0.1) is 25.7 Å². The number of carbonyl (C=O) groups excluding carboxylic acids is 1. The Morgan fingerprint density at radius 1 is 1.30 bits per heavy atom. The van der Waals surface area contributed by atoms with E-state index in [-0.39, 0.29) is 28.7 Å². The molecule has 0 bridgehead atoms. The number of hydrogen-bond donors (Lipinski definition) is 2. The van der Waals surface area contributed by atoms with Crippen LogP contribution in [0.4, 0.5) is 0 Å². The summed E-state index contributed by atoms with van der Waals surface area (Å²) in [5.74, 6) is -0.567. The maximum Gasteiger partial charge on any atom is 0.339 e. The normalized spacial score (nSPS) is 19.2. The van der Waals surface area contributed by atoms with Gasteiger partial charge in [-0.3, -0.25) is 4.79 Å². The van der Waals surface area contributed by atoms with E-state index in [1.165, 1.54) is 7.11 Å². The third-order valence-electron chi connectivity index (χ3n) is 6.80. The van der Waals surface area contributed by atoms with Gasteiger partial charge in [0.15, 0.2) is 11.4 Å². The average Bonchev–Trinajstić information content (AvgIpc) is 2.75. The molecule has 6 heteroatoms. The Hall–Kier alpha value is -2.86. The molecule has 178 valence electrons. The standard InChI is InChI=1S/C27H34O6/c1-13(2)11-12-19-24(30)22(23(29)18-10-8-9-14(3)20(18)17(6)28)26-21(25(19)32-7)15(4)16(5)27(31)33-26/h10-11,14,17,20,28,30H,8-9,12H2,1-7H3. The molecule has 33 heavy (non-hydrogen) atoms. The molecule has 0 saturated carbocycles. The molecule has 2 N–H and O–H groups in total. The number of aliphatic hydroxyl groups excluding tert-OH is 1. The molecule has 2 aromatic rings. The highest BCUT2D eigenvalue weighted by Gasteiger charge is 2.36. The molecular formula is C27H34O6. The minimum Gasteiger partial charge on any atom is -0.507 e. The number of aryl methyl sites for hydroxylation is 1. The summed E-state index contributed by atoms with van der Waals surface area (Å²) in [6, 6.07) is 0. The molecule has 1 heterocycles. The second kappa shape index (κ2) is 9.56. The monoisotopic (exact) mass is 454 g/mol. The van der Waals surface area contributed by atoms with Crippen molar-refractivity contribution < 1.29 is 24.2 Å². The number of allylic oxidation sites excluding steroid dienone is 3. The summed E-state index contributed by atoms with van der Waals surface area (Å²) in [4.78, 5) is 26.5. The van der Waals surface area contributed by atoms with E-state index < -0.39 is 17.5 Å². The molecule has 1 aromatic carbocycles. The van der Waals surface area contributed by atoms with E-state index in [2.05, 4.69) is 0 Å². The Bertz CT molecular complexity index is 1210. The van der Waals surface area contributed by atoms with Crippen molar-refractivity contribution in [2.45, 2.75) is 66.9 Å². The first kappa shape index (κ1) is 24.8. The number of ether oxygens (including phenoxy) is 1. The van der Waals surface area contributed by atoms with E-state index >= 15 is 0 Å². The van der Waals surface area contributed by atoms with Gasteiger partial charge in [0, 0.05) is 22.6 Å². The lowest BCUT2D eigenvalue weighted by atomic mass is 9.74. The van der Waals surface area contributed by atoms with E-state index in [1.807, 2.05) is 32.9 Å². The quantitative estimate of drug-likeness (QED) is 0.355. The van der Waals surface area contributed by atoms with E-state index in [0.29, 0.717) is 46.2 Å². The van der Waals surface area contributed by atoms with E-state index in [9.17, 15) is 19.8 Å². The first-order valence-electron chi connectivity index (χ1n) is 11.4. The van der Waals surface area contributed by atoms with E-state index in [0.717, 1.165) is 12.0 Å². The summed E-state index contributed by atoms with van der Waals surface area (Å²) in [5, 5.41) is 22.3. The Morgan fingerprint density at radius 3 is 2.55 bits per heavy atom. The summed E-state index contributed by atoms with van der Waals surface area (Å²) in [6.45, 7) is 11.0. The minimum atomic E-state index is -0.733. The van der Waals surface area contributed by atoms with Crippen molar-refractivity contribution in [3.8, 4) is 11.5 Å². The SMILES string of the molecule is COc1c(CC=C(C)C)c(O)c(C(=O)C2=CCCC(C)C2C(C)O)c2oc(=O)c(C)c(C)c12. The zero-order valence-corrected chi connectivity index (χ0v) is 20.5. The van der Waals surface area contributed by atoms with Gasteiger partial charge in [0.1, 0.15) is 17.1 Å². The second-order valence-corrected chi connectivity index (χ2v) is 9.37.